The van der Waals surface area contributed by atoms with Gasteiger partial charge in [-0.1, -0.05) is 60.7 Å². The Morgan fingerprint density at radius 2 is 1.16 bits per heavy atom. The molecule has 210 valence electrons. The van der Waals surface area contributed by atoms with Gasteiger partial charge in [0.2, 0.25) is 0 Å². The topological polar surface area (TPSA) is 22.3 Å². The monoisotopic (exact) mass is 567 g/mol. The number of benzene rings is 6. The Morgan fingerprint density at radius 3 is 1.93 bits per heavy atom. The van der Waals surface area contributed by atoms with E-state index in [0.29, 0.717) is 0 Å². The molecule has 0 amide bonds. The molecule has 0 atom stereocenters. The number of aromatic nitrogens is 2. The third-order valence-corrected chi connectivity index (χ3v) is 8.82. The fourth-order valence-electron chi connectivity index (χ4n) is 6.83. The molecule has 4 nitrogen and oxygen atoms in total. The molecule has 2 aromatic heterocycles. The fourth-order valence-corrected chi connectivity index (χ4v) is 6.83. The molecule has 0 N–H and O–H groups in total. The molecule has 0 radical (unpaired) electrons. The predicted molar refractivity (Wildman–Crippen MR) is 182 cm³/mol. The maximum atomic E-state index is 6.42. The van der Waals surface area contributed by atoms with Crippen molar-refractivity contribution in [1.29, 1.82) is 0 Å². The number of ether oxygens (including phenoxy) is 1. The van der Waals surface area contributed by atoms with Crippen molar-refractivity contribution in [3.63, 3.8) is 0 Å². The van der Waals surface area contributed by atoms with Crippen LogP contribution < -0.4 is 9.64 Å². The van der Waals surface area contributed by atoms with Crippen molar-refractivity contribution in [1.82, 2.24) is 9.13 Å². The molecule has 44 heavy (non-hydrogen) atoms. The van der Waals surface area contributed by atoms with Gasteiger partial charge in [-0.25, -0.2) is 0 Å². The summed E-state index contributed by atoms with van der Waals surface area (Å²) in [5.74, 6) is 1.74. The van der Waals surface area contributed by atoms with E-state index >= 15 is 0 Å². The van der Waals surface area contributed by atoms with Crippen molar-refractivity contribution in [2.24, 2.45) is 0 Å². The second-order valence-corrected chi connectivity index (χ2v) is 11.7. The molecular formula is C40H29N3O. The minimum atomic E-state index is 0.871. The highest BCUT2D eigenvalue weighted by atomic mass is 16.5. The maximum Gasteiger partial charge on any atom is 0.151 e. The molecule has 0 spiro atoms. The molecule has 9 rings (SSSR count). The van der Waals surface area contributed by atoms with Crippen molar-refractivity contribution in [3.8, 4) is 22.9 Å². The van der Waals surface area contributed by atoms with Gasteiger partial charge in [0.15, 0.2) is 11.5 Å². The third kappa shape index (κ3) is 3.64. The van der Waals surface area contributed by atoms with Gasteiger partial charge in [0.1, 0.15) is 0 Å². The highest BCUT2D eigenvalue weighted by molar-refractivity contribution is 6.18. The van der Waals surface area contributed by atoms with Crippen LogP contribution >= 0.6 is 0 Å². The average molecular weight is 568 g/mol. The highest BCUT2D eigenvalue weighted by Crippen LogP contribution is 2.51. The average Bonchev–Trinajstić information content (AvgIpc) is 3.63. The molecule has 1 aliphatic rings. The first-order valence-corrected chi connectivity index (χ1v) is 15.0. The van der Waals surface area contributed by atoms with Crippen molar-refractivity contribution < 1.29 is 4.74 Å². The lowest BCUT2D eigenvalue weighted by Crippen LogP contribution is -2.16. The first-order valence-electron chi connectivity index (χ1n) is 15.0. The Bertz CT molecular complexity index is 2340. The molecule has 0 fully saturated rings. The number of rotatable bonds is 3. The van der Waals surface area contributed by atoms with Crippen molar-refractivity contribution in [2.45, 2.75) is 13.8 Å². The Labute approximate surface area is 255 Å². The number of aryl methyl sites for hydroxylation is 2. The van der Waals surface area contributed by atoms with Gasteiger partial charge in [0, 0.05) is 39.4 Å². The van der Waals surface area contributed by atoms with Gasteiger partial charge in [0.05, 0.1) is 27.9 Å². The van der Waals surface area contributed by atoms with Gasteiger partial charge in [-0.05, 0) is 97.8 Å². The van der Waals surface area contributed by atoms with E-state index in [1.165, 1.54) is 43.8 Å². The van der Waals surface area contributed by atoms with Crippen LogP contribution in [0.25, 0.3) is 44.1 Å². The van der Waals surface area contributed by atoms with Crippen LogP contribution in [0.3, 0.4) is 0 Å². The van der Waals surface area contributed by atoms with Gasteiger partial charge >= 0.3 is 0 Å². The number of fused-ring (bicyclic) bond motifs is 7. The van der Waals surface area contributed by atoms with Crippen LogP contribution in [0.4, 0.5) is 17.1 Å². The first kappa shape index (κ1) is 24.8. The lowest BCUT2D eigenvalue weighted by Gasteiger charge is -2.33. The zero-order chi connectivity index (χ0) is 29.4. The van der Waals surface area contributed by atoms with Gasteiger partial charge in [-0.3, -0.25) is 0 Å². The molecule has 0 unspecified atom stereocenters. The van der Waals surface area contributed by atoms with Crippen LogP contribution in [0, 0.1) is 13.8 Å². The zero-order valence-electron chi connectivity index (χ0n) is 24.5. The zero-order valence-corrected chi connectivity index (χ0v) is 24.5. The highest BCUT2D eigenvalue weighted by Gasteiger charge is 2.26. The molecule has 8 aromatic rings. The van der Waals surface area contributed by atoms with Crippen LogP contribution in [0.1, 0.15) is 11.1 Å². The van der Waals surface area contributed by atoms with Crippen molar-refractivity contribution in [3.05, 3.63) is 151 Å². The fraction of sp³-hybridized carbons (Fsp3) is 0.0500. The number of para-hydroxylation sites is 2. The van der Waals surface area contributed by atoms with E-state index in [1.54, 1.807) is 0 Å². The molecule has 6 aromatic carbocycles. The maximum absolute atomic E-state index is 6.42. The lowest BCUT2D eigenvalue weighted by atomic mass is 10.1. The molecule has 1 aliphatic heterocycles. The van der Waals surface area contributed by atoms with E-state index in [1.807, 2.05) is 0 Å². The van der Waals surface area contributed by atoms with E-state index in [0.717, 1.165) is 39.9 Å². The standard InChI is InChI=1S/C40H29N3O/c1-26-15-18-36-38(23-26)44-39-24-27(2)16-19-37(39)42(36)30-12-8-11-29(25-30)41-22-21-33-34(41)20-17-32-31-13-6-7-14-35(31)43(40(32)33)28-9-4-3-5-10-28/h3-25H,1-2H3. The Balaban J connectivity index is 1.25. The van der Waals surface area contributed by atoms with Crippen LogP contribution in [0.5, 0.6) is 11.5 Å². The molecule has 0 aliphatic carbocycles. The summed E-state index contributed by atoms with van der Waals surface area (Å²) in [5, 5.41) is 3.75. The molecule has 0 saturated heterocycles. The van der Waals surface area contributed by atoms with Gasteiger partial charge in [-0.2, -0.15) is 0 Å². The van der Waals surface area contributed by atoms with E-state index in [9.17, 15) is 0 Å². The minimum Gasteiger partial charge on any atom is -0.453 e. The summed E-state index contributed by atoms with van der Waals surface area (Å²) in [7, 11) is 0. The van der Waals surface area contributed by atoms with Crippen LogP contribution in [0.15, 0.2) is 140 Å². The number of hydrogen-bond donors (Lipinski definition) is 0. The summed E-state index contributed by atoms with van der Waals surface area (Å²) < 4.78 is 11.1. The smallest absolute Gasteiger partial charge is 0.151 e. The quantitative estimate of drug-likeness (QED) is 0.212. The van der Waals surface area contributed by atoms with E-state index in [-0.39, 0.29) is 0 Å². The third-order valence-electron chi connectivity index (χ3n) is 8.82. The Kier molecular flexibility index (Phi) is 5.29. The van der Waals surface area contributed by atoms with Crippen molar-refractivity contribution >= 4 is 49.8 Å². The van der Waals surface area contributed by atoms with Gasteiger partial charge < -0.3 is 18.8 Å². The van der Waals surface area contributed by atoms with Crippen LogP contribution in [0.2, 0.25) is 0 Å². The largest absolute Gasteiger partial charge is 0.453 e. The second-order valence-electron chi connectivity index (χ2n) is 11.7. The first-order chi connectivity index (χ1) is 21.6. The number of nitrogens with zero attached hydrogens (tertiary/aromatic N) is 3. The predicted octanol–water partition coefficient (Wildman–Crippen LogP) is 10.9. The molecule has 3 heterocycles. The van der Waals surface area contributed by atoms with Crippen molar-refractivity contribution in [2.75, 3.05) is 4.90 Å². The SMILES string of the molecule is Cc1ccc2c(c1)Oc1cc(C)ccc1N2c1cccc(-n2ccc3c2ccc2c4ccccc4n(-c4ccccc4)c23)c1. The number of hydrogen-bond acceptors (Lipinski definition) is 2. The van der Waals surface area contributed by atoms with E-state index < -0.39 is 0 Å². The van der Waals surface area contributed by atoms with Gasteiger partial charge in [-0.15, -0.1) is 0 Å². The van der Waals surface area contributed by atoms with Crippen LogP contribution in [-0.2, 0) is 0 Å². The molecule has 0 saturated carbocycles. The normalized spacial score (nSPS) is 12.5. The summed E-state index contributed by atoms with van der Waals surface area (Å²) in [6.45, 7) is 4.21. The Morgan fingerprint density at radius 1 is 0.477 bits per heavy atom. The Hall–Kier alpha value is -5.74. The molecule has 0 bridgehead atoms. The summed E-state index contributed by atoms with van der Waals surface area (Å²) in [6.07, 6.45) is 2.20. The van der Waals surface area contributed by atoms with E-state index in [4.69, 9.17) is 4.74 Å². The van der Waals surface area contributed by atoms with Crippen LogP contribution in [-0.4, -0.2) is 9.13 Å². The summed E-state index contributed by atoms with van der Waals surface area (Å²) in [4.78, 5) is 2.31. The van der Waals surface area contributed by atoms with Gasteiger partial charge in [0.25, 0.3) is 0 Å². The lowest BCUT2D eigenvalue weighted by molar-refractivity contribution is 0.476. The summed E-state index contributed by atoms with van der Waals surface area (Å²) >= 11 is 0. The minimum absolute atomic E-state index is 0.871. The summed E-state index contributed by atoms with van der Waals surface area (Å²) in [6, 6.07) is 47.8. The summed E-state index contributed by atoms with van der Waals surface area (Å²) in [5.41, 5.74) is 11.4. The number of anilines is 3. The second kappa shape index (κ2) is 9.38. The molecule has 4 heteroatoms. The molecular weight excluding hydrogens is 538 g/mol. The van der Waals surface area contributed by atoms with E-state index in [2.05, 4.69) is 168 Å².